The van der Waals surface area contributed by atoms with Crippen molar-refractivity contribution in [3.8, 4) is 0 Å². The van der Waals surface area contributed by atoms with Gasteiger partial charge in [-0.3, -0.25) is 0 Å². The van der Waals surface area contributed by atoms with E-state index in [0.717, 1.165) is 0 Å². The van der Waals surface area contributed by atoms with Gasteiger partial charge in [-0.1, -0.05) is 0 Å². The molecule has 1 heterocycles. The zero-order chi connectivity index (χ0) is 7.40. The Morgan fingerprint density at radius 1 is 1.80 bits per heavy atom. The SMILES string of the molecule is CC(N=C=O)C1CCCS1. The van der Waals surface area contributed by atoms with Crippen LogP contribution in [0.25, 0.3) is 0 Å². The van der Waals surface area contributed by atoms with Crippen LogP contribution in [0.5, 0.6) is 0 Å². The van der Waals surface area contributed by atoms with Crippen molar-refractivity contribution in [2.45, 2.75) is 31.1 Å². The molecule has 3 heteroatoms. The number of thioether (sulfide) groups is 1. The Kier molecular flexibility index (Phi) is 2.97. The standard InChI is InChI=1S/C7H11NOS/c1-6(8-5-9)7-3-2-4-10-7/h6-7H,2-4H2,1H3. The van der Waals surface area contributed by atoms with Crippen molar-refractivity contribution < 1.29 is 4.79 Å². The maximum absolute atomic E-state index is 9.87. The maximum Gasteiger partial charge on any atom is 0.235 e. The predicted octanol–water partition coefficient (Wildman–Crippen LogP) is 1.61. The summed E-state index contributed by atoms with van der Waals surface area (Å²) in [4.78, 5) is 13.6. The second kappa shape index (κ2) is 3.79. The summed E-state index contributed by atoms with van der Waals surface area (Å²) in [7, 11) is 0. The molecule has 0 aromatic heterocycles. The molecule has 0 aromatic rings. The van der Waals surface area contributed by atoms with E-state index in [4.69, 9.17) is 0 Å². The second-order valence-corrected chi connectivity index (χ2v) is 3.86. The minimum absolute atomic E-state index is 0.171. The molecule has 56 valence electrons. The lowest BCUT2D eigenvalue weighted by atomic mass is 10.1. The minimum Gasteiger partial charge on any atom is -0.211 e. The molecule has 0 aliphatic carbocycles. The smallest absolute Gasteiger partial charge is 0.211 e. The summed E-state index contributed by atoms with van der Waals surface area (Å²) in [5, 5.41) is 0.571. The fraction of sp³-hybridized carbons (Fsp3) is 0.857. The highest BCUT2D eigenvalue weighted by Gasteiger charge is 2.21. The van der Waals surface area contributed by atoms with Crippen LogP contribution in [0.4, 0.5) is 0 Å². The molecule has 10 heavy (non-hydrogen) atoms. The second-order valence-electron chi connectivity index (χ2n) is 2.51. The first-order valence-electron chi connectivity index (χ1n) is 3.53. The average Bonchev–Trinajstić information content (AvgIpc) is 2.38. The highest BCUT2D eigenvalue weighted by atomic mass is 32.2. The van der Waals surface area contributed by atoms with Gasteiger partial charge in [0.25, 0.3) is 0 Å². The lowest BCUT2D eigenvalue weighted by Gasteiger charge is -2.10. The van der Waals surface area contributed by atoms with Gasteiger partial charge < -0.3 is 0 Å². The first-order valence-corrected chi connectivity index (χ1v) is 4.58. The van der Waals surface area contributed by atoms with Crippen molar-refractivity contribution in [2.24, 2.45) is 4.99 Å². The first kappa shape index (κ1) is 7.83. The summed E-state index contributed by atoms with van der Waals surface area (Å²) in [5.74, 6) is 1.23. The summed E-state index contributed by atoms with van der Waals surface area (Å²) in [6, 6.07) is 0.171. The third-order valence-corrected chi connectivity index (χ3v) is 3.34. The molecule has 1 rings (SSSR count). The molecular formula is C7H11NOS. The molecule has 1 aliphatic heterocycles. The topological polar surface area (TPSA) is 29.4 Å². The van der Waals surface area contributed by atoms with E-state index in [2.05, 4.69) is 4.99 Å². The molecule has 0 radical (unpaired) electrons. The number of aliphatic imine (C=N–C) groups is 1. The van der Waals surface area contributed by atoms with E-state index >= 15 is 0 Å². The van der Waals surface area contributed by atoms with Crippen molar-refractivity contribution >= 4 is 17.8 Å². The summed E-state index contributed by atoms with van der Waals surface area (Å²) in [6.07, 6.45) is 4.08. The molecule has 1 saturated heterocycles. The van der Waals surface area contributed by atoms with Crippen molar-refractivity contribution in [3.05, 3.63) is 0 Å². The maximum atomic E-state index is 9.87. The Bertz CT molecular complexity index is 148. The van der Waals surface area contributed by atoms with Crippen molar-refractivity contribution in [3.63, 3.8) is 0 Å². The number of rotatable bonds is 2. The van der Waals surface area contributed by atoms with Crippen molar-refractivity contribution in [1.82, 2.24) is 0 Å². The van der Waals surface area contributed by atoms with Crippen LogP contribution in [0.1, 0.15) is 19.8 Å². The molecule has 0 amide bonds. The van der Waals surface area contributed by atoms with Crippen LogP contribution in [0.2, 0.25) is 0 Å². The lowest BCUT2D eigenvalue weighted by molar-refractivity contribution is 0.555. The fourth-order valence-electron chi connectivity index (χ4n) is 1.15. The molecule has 2 atom stereocenters. The van der Waals surface area contributed by atoms with Crippen LogP contribution in [0.3, 0.4) is 0 Å². The number of hydrogen-bond acceptors (Lipinski definition) is 3. The molecule has 0 saturated carbocycles. The van der Waals surface area contributed by atoms with Crippen LogP contribution in [0.15, 0.2) is 4.99 Å². The zero-order valence-electron chi connectivity index (χ0n) is 6.04. The summed E-state index contributed by atoms with van der Waals surface area (Å²) in [6.45, 7) is 1.98. The Balaban J connectivity index is 2.39. The van der Waals surface area contributed by atoms with E-state index in [-0.39, 0.29) is 6.04 Å². The Morgan fingerprint density at radius 2 is 2.60 bits per heavy atom. The third-order valence-electron chi connectivity index (χ3n) is 1.76. The highest BCUT2D eigenvalue weighted by Crippen LogP contribution is 2.29. The number of carbonyl (C=O) groups excluding carboxylic acids is 1. The van der Waals surface area contributed by atoms with Crippen LogP contribution in [-0.2, 0) is 4.79 Å². The van der Waals surface area contributed by atoms with E-state index in [1.807, 2.05) is 18.7 Å². The number of hydrogen-bond donors (Lipinski definition) is 0. The van der Waals surface area contributed by atoms with Gasteiger partial charge in [0.05, 0.1) is 6.04 Å². The molecular weight excluding hydrogens is 146 g/mol. The van der Waals surface area contributed by atoms with Crippen molar-refractivity contribution in [1.29, 1.82) is 0 Å². The number of nitrogens with zero attached hydrogens (tertiary/aromatic N) is 1. The lowest BCUT2D eigenvalue weighted by Crippen LogP contribution is -2.13. The van der Waals surface area contributed by atoms with E-state index in [9.17, 15) is 4.79 Å². The van der Waals surface area contributed by atoms with Gasteiger partial charge in [0.15, 0.2) is 0 Å². The van der Waals surface area contributed by atoms with E-state index < -0.39 is 0 Å². The van der Waals surface area contributed by atoms with Gasteiger partial charge in [0.1, 0.15) is 0 Å². The van der Waals surface area contributed by atoms with Gasteiger partial charge in [-0.05, 0) is 25.5 Å². The Morgan fingerprint density at radius 3 is 3.10 bits per heavy atom. The van der Waals surface area contributed by atoms with Crippen LogP contribution in [0, 0.1) is 0 Å². The average molecular weight is 157 g/mol. The third kappa shape index (κ3) is 1.86. The first-order chi connectivity index (χ1) is 4.84. The van der Waals surface area contributed by atoms with E-state index in [1.165, 1.54) is 18.6 Å². The fourth-order valence-corrected chi connectivity index (χ4v) is 2.46. The Labute approximate surface area is 65.1 Å². The predicted molar refractivity (Wildman–Crippen MR) is 43.1 cm³/mol. The van der Waals surface area contributed by atoms with Crippen LogP contribution < -0.4 is 0 Å². The molecule has 1 fully saturated rings. The summed E-state index contributed by atoms with van der Waals surface area (Å²) >= 11 is 1.92. The van der Waals surface area contributed by atoms with E-state index in [0.29, 0.717) is 5.25 Å². The molecule has 0 spiro atoms. The largest absolute Gasteiger partial charge is 0.235 e. The van der Waals surface area contributed by atoms with Crippen LogP contribution in [-0.4, -0.2) is 23.1 Å². The van der Waals surface area contributed by atoms with E-state index in [1.54, 1.807) is 6.08 Å². The highest BCUT2D eigenvalue weighted by molar-refractivity contribution is 8.00. The van der Waals surface area contributed by atoms with Gasteiger partial charge in [0.2, 0.25) is 6.08 Å². The normalized spacial score (nSPS) is 27.5. The van der Waals surface area contributed by atoms with Gasteiger partial charge in [0, 0.05) is 5.25 Å². The number of isocyanates is 1. The van der Waals surface area contributed by atoms with Gasteiger partial charge in [-0.15, -0.1) is 0 Å². The van der Waals surface area contributed by atoms with Gasteiger partial charge in [-0.25, -0.2) is 9.79 Å². The monoisotopic (exact) mass is 157 g/mol. The molecule has 2 nitrogen and oxygen atoms in total. The molecule has 0 N–H and O–H groups in total. The molecule has 0 bridgehead atoms. The molecule has 2 unspecified atom stereocenters. The molecule has 0 aromatic carbocycles. The Hall–Kier alpha value is -0.270. The van der Waals surface area contributed by atoms with Crippen LogP contribution >= 0.6 is 11.8 Å². The zero-order valence-corrected chi connectivity index (χ0v) is 6.86. The molecule has 1 aliphatic rings. The summed E-state index contributed by atoms with van der Waals surface area (Å²) in [5.41, 5.74) is 0. The minimum atomic E-state index is 0.171. The summed E-state index contributed by atoms with van der Waals surface area (Å²) < 4.78 is 0. The quantitative estimate of drug-likeness (QED) is 0.450. The van der Waals surface area contributed by atoms with Crippen molar-refractivity contribution in [2.75, 3.05) is 5.75 Å². The van der Waals surface area contributed by atoms with Gasteiger partial charge >= 0.3 is 0 Å². The van der Waals surface area contributed by atoms with Gasteiger partial charge in [-0.2, -0.15) is 11.8 Å².